The maximum Gasteiger partial charge on any atom is 0.267 e. The van der Waals surface area contributed by atoms with Gasteiger partial charge in [-0.3, -0.25) is 9.59 Å². The highest BCUT2D eigenvalue weighted by atomic mass is 16.5. The number of piperidine rings is 1. The molecule has 3 aliphatic rings. The molecule has 0 radical (unpaired) electrons. The number of amides is 1. The van der Waals surface area contributed by atoms with Gasteiger partial charge in [-0.05, 0) is 82.0 Å². The number of H-pyrrole nitrogens is 1. The molecule has 1 saturated carbocycles. The molecule has 2 aliphatic carbocycles. The number of ketones is 1. The molecule has 0 spiro atoms. The van der Waals surface area contributed by atoms with Crippen molar-refractivity contribution in [2.24, 2.45) is 5.92 Å². The molecule has 8 heteroatoms. The van der Waals surface area contributed by atoms with Crippen molar-refractivity contribution in [2.45, 2.75) is 89.4 Å². The predicted molar refractivity (Wildman–Crippen MR) is 153 cm³/mol. The van der Waals surface area contributed by atoms with Gasteiger partial charge in [0.25, 0.3) is 5.91 Å². The highest BCUT2D eigenvalue weighted by Crippen LogP contribution is 2.33. The Kier molecular flexibility index (Phi) is 7.73. The normalized spacial score (nSPS) is 25.6. The standard InChI is InChI=1S/C32H41N3O5/c1-21-5-4-15-35(18-21)16-14-32(38)12-10-23(11-13-32)33-31(37)26-17-24-25(34-26)6-2-8-28(24)39-19-22-20-40-29-9-3-7-27(36)30(22)29/h2,6,8,17,20-21,23,34,38H,3-5,7,9-16,18-19H2,1H3,(H,33,37)/t21-,23?,32?/m1/s1. The lowest BCUT2D eigenvalue weighted by atomic mass is 9.80. The highest BCUT2D eigenvalue weighted by molar-refractivity contribution is 6.00. The molecule has 2 aromatic heterocycles. The molecular weight excluding hydrogens is 506 g/mol. The number of fused-ring (bicyclic) bond motifs is 2. The van der Waals surface area contributed by atoms with Crippen LogP contribution >= 0.6 is 0 Å². The number of nitrogens with zero attached hydrogens (tertiary/aromatic N) is 1. The van der Waals surface area contributed by atoms with Gasteiger partial charge < -0.3 is 29.5 Å². The van der Waals surface area contributed by atoms with Gasteiger partial charge >= 0.3 is 0 Å². The van der Waals surface area contributed by atoms with Crippen LogP contribution in [0.15, 0.2) is 34.9 Å². The van der Waals surface area contributed by atoms with Gasteiger partial charge in [-0.15, -0.1) is 0 Å². The molecular formula is C32H41N3O5. The van der Waals surface area contributed by atoms with E-state index < -0.39 is 5.60 Å². The molecule has 214 valence electrons. The molecule has 0 bridgehead atoms. The Morgan fingerprint density at radius 2 is 2.08 bits per heavy atom. The number of nitrogens with one attached hydrogen (secondary N) is 2. The van der Waals surface area contributed by atoms with Crippen molar-refractivity contribution in [3.05, 3.63) is 53.1 Å². The molecule has 1 saturated heterocycles. The predicted octanol–water partition coefficient (Wildman–Crippen LogP) is 5.38. The first kappa shape index (κ1) is 27.1. The summed E-state index contributed by atoms with van der Waals surface area (Å²) in [6, 6.07) is 7.56. The van der Waals surface area contributed by atoms with Gasteiger partial charge in [-0.1, -0.05) is 13.0 Å². The van der Waals surface area contributed by atoms with Crippen molar-refractivity contribution in [3.63, 3.8) is 0 Å². The Hall–Kier alpha value is -3.10. The number of aromatic nitrogens is 1. The van der Waals surface area contributed by atoms with Gasteiger partial charge in [0.1, 0.15) is 23.8 Å². The van der Waals surface area contributed by atoms with Crippen LogP contribution in [0.4, 0.5) is 0 Å². The molecule has 3 N–H and O–H groups in total. The van der Waals surface area contributed by atoms with E-state index in [-0.39, 0.29) is 24.3 Å². The van der Waals surface area contributed by atoms with Crippen molar-refractivity contribution in [1.82, 2.24) is 15.2 Å². The fraction of sp³-hybridized carbons (Fsp3) is 0.562. The average molecular weight is 548 g/mol. The third-order valence-corrected chi connectivity index (χ3v) is 9.17. The zero-order valence-corrected chi connectivity index (χ0v) is 23.5. The summed E-state index contributed by atoms with van der Waals surface area (Å²) < 4.78 is 11.7. The molecule has 6 rings (SSSR count). The Balaban J connectivity index is 1.04. The Morgan fingerprint density at radius 1 is 1.23 bits per heavy atom. The highest BCUT2D eigenvalue weighted by Gasteiger charge is 2.34. The van der Waals surface area contributed by atoms with Crippen LogP contribution in [0.1, 0.15) is 96.9 Å². The summed E-state index contributed by atoms with van der Waals surface area (Å²) in [7, 11) is 0. The summed E-state index contributed by atoms with van der Waals surface area (Å²) in [6.07, 6.45) is 10.1. The monoisotopic (exact) mass is 547 g/mol. The number of aryl methyl sites for hydroxylation is 1. The second-order valence-corrected chi connectivity index (χ2v) is 12.3. The van der Waals surface area contributed by atoms with Crippen LogP contribution in [0.5, 0.6) is 5.75 Å². The molecule has 0 unspecified atom stereocenters. The molecule has 2 fully saturated rings. The molecule has 1 aliphatic heterocycles. The van der Waals surface area contributed by atoms with Crippen LogP contribution in [0, 0.1) is 5.92 Å². The smallest absolute Gasteiger partial charge is 0.267 e. The largest absolute Gasteiger partial charge is 0.488 e. The zero-order chi connectivity index (χ0) is 27.7. The third kappa shape index (κ3) is 5.84. The first-order chi connectivity index (χ1) is 19.4. The van der Waals surface area contributed by atoms with Crippen molar-refractivity contribution in [1.29, 1.82) is 0 Å². The number of carbonyl (C=O) groups excluding carboxylic acids is 2. The Bertz CT molecular complexity index is 1370. The summed E-state index contributed by atoms with van der Waals surface area (Å²) in [6.45, 7) is 5.78. The summed E-state index contributed by atoms with van der Waals surface area (Å²) in [4.78, 5) is 31.3. The quantitative estimate of drug-likeness (QED) is 0.349. The molecule has 40 heavy (non-hydrogen) atoms. The lowest BCUT2D eigenvalue weighted by Crippen LogP contribution is -2.45. The summed E-state index contributed by atoms with van der Waals surface area (Å²) in [5.41, 5.74) is 2.12. The maximum absolute atomic E-state index is 13.2. The van der Waals surface area contributed by atoms with E-state index in [4.69, 9.17) is 9.15 Å². The maximum atomic E-state index is 13.2. The van der Waals surface area contributed by atoms with Gasteiger partial charge in [0.2, 0.25) is 0 Å². The van der Waals surface area contributed by atoms with E-state index >= 15 is 0 Å². The number of aliphatic hydroxyl groups is 1. The fourth-order valence-electron chi connectivity index (χ4n) is 6.80. The van der Waals surface area contributed by atoms with Crippen LogP contribution in [0.3, 0.4) is 0 Å². The van der Waals surface area contributed by atoms with E-state index in [1.807, 2.05) is 24.3 Å². The van der Waals surface area contributed by atoms with Gasteiger partial charge in [-0.2, -0.15) is 0 Å². The van der Waals surface area contributed by atoms with Gasteiger partial charge in [-0.25, -0.2) is 0 Å². The summed E-state index contributed by atoms with van der Waals surface area (Å²) in [5, 5.41) is 15.2. The lowest BCUT2D eigenvalue weighted by molar-refractivity contribution is -0.0201. The second kappa shape index (κ2) is 11.4. The molecule has 8 nitrogen and oxygen atoms in total. The van der Waals surface area contributed by atoms with Crippen molar-refractivity contribution in [3.8, 4) is 5.75 Å². The number of hydrogen-bond donors (Lipinski definition) is 3. The molecule has 1 amide bonds. The summed E-state index contributed by atoms with van der Waals surface area (Å²) in [5.74, 6) is 2.12. The SMILES string of the molecule is C[C@@H]1CCCN(CCC2(O)CCC(NC(=O)c3cc4c(OCc5coc6c5C(=O)CCC6)cccc4[nH]3)CC2)C1. The van der Waals surface area contributed by atoms with E-state index in [1.54, 1.807) is 6.26 Å². The number of likely N-dealkylation sites (tertiary alicyclic amines) is 1. The molecule has 1 atom stereocenters. The number of benzene rings is 1. The molecule has 1 aromatic carbocycles. The Labute approximate surface area is 235 Å². The first-order valence-electron chi connectivity index (χ1n) is 15.0. The van der Waals surface area contributed by atoms with Gasteiger partial charge in [0, 0.05) is 48.4 Å². The Morgan fingerprint density at radius 3 is 2.90 bits per heavy atom. The van der Waals surface area contributed by atoms with E-state index in [9.17, 15) is 14.7 Å². The van der Waals surface area contributed by atoms with E-state index in [2.05, 4.69) is 22.1 Å². The van der Waals surface area contributed by atoms with E-state index in [1.165, 1.54) is 12.8 Å². The first-order valence-corrected chi connectivity index (χ1v) is 15.0. The van der Waals surface area contributed by atoms with E-state index in [0.717, 1.165) is 79.9 Å². The lowest BCUT2D eigenvalue weighted by Gasteiger charge is -2.39. The number of hydrogen-bond acceptors (Lipinski definition) is 6. The number of rotatable bonds is 8. The minimum absolute atomic E-state index is 0.0507. The fourth-order valence-corrected chi connectivity index (χ4v) is 6.80. The van der Waals surface area contributed by atoms with Gasteiger partial charge in [0.15, 0.2) is 5.78 Å². The van der Waals surface area contributed by atoms with Gasteiger partial charge in [0.05, 0.1) is 17.4 Å². The average Bonchev–Trinajstić information content (AvgIpc) is 3.58. The van der Waals surface area contributed by atoms with Crippen LogP contribution < -0.4 is 10.1 Å². The number of Topliss-reactive ketones (excluding diaryl/α,β-unsaturated/α-hetero) is 1. The van der Waals surface area contributed by atoms with Crippen molar-refractivity contribution < 1.29 is 23.8 Å². The second-order valence-electron chi connectivity index (χ2n) is 12.3. The third-order valence-electron chi connectivity index (χ3n) is 9.17. The number of aromatic amines is 1. The van der Waals surface area contributed by atoms with Crippen LogP contribution in [0.25, 0.3) is 10.9 Å². The van der Waals surface area contributed by atoms with Crippen LogP contribution in [0.2, 0.25) is 0 Å². The topological polar surface area (TPSA) is 108 Å². The zero-order valence-electron chi connectivity index (χ0n) is 23.5. The van der Waals surface area contributed by atoms with Crippen LogP contribution in [-0.2, 0) is 13.0 Å². The van der Waals surface area contributed by atoms with E-state index in [0.29, 0.717) is 36.3 Å². The van der Waals surface area contributed by atoms with Crippen LogP contribution in [-0.4, -0.2) is 58.0 Å². The molecule has 3 aromatic rings. The van der Waals surface area contributed by atoms with Crippen molar-refractivity contribution >= 4 is 22.6 Å². The molecule has 3 heterocycles. The summed E-state index contributed by atoms with van der Waals surface area (Å²) >= 11 is 0. The number of carbonyl (C=O) groups is 2. The number of furan rings is 1. The minimum atomic E-state index is -0.631. The minimum Gasteiger partial charge on any atom is -0.488 e. The number of ether oxygens (including phenoxy) is 1. The van der Waals surface area contributed by atoms with Crippen molar-refractivity contribution in [2.75, 3.05) is 19.6 Å².